The highest BCUT2D eigenvalue weighted by atomic mass is 16.6. The third kappa shape index (κ3) is 4.74. The lowest BCUT2D eigenvalue weighted by atomic mass is 9.42. The molecule has 10 atom stereocenters. The predicted octanol–water partition coefficient (Wildman–Crippen LogP) is 8.68. The van der Waals surface area contributed by atoms with E-state index in [1.807, 2.05) is 18.2 Å². The predicted molar refractivity (Wildman–Crippen MR) is 160 cm³/mol. The van der Waals surface area contributed by atoms with Crippen LogP contribution in [0.2, 0.25) is 0 Å². The lowest BCUT2D eigenvalue weighted by molar-refractivity contribution is -0.138. The quantitative estimate of drug-likeness (QED) is 0.343. The smallest absolute Gasteiger partial charge is 0.416 e. The zero-order valence-corrected chi connectivity index (χ0v) is 25.6. The molecular weight excluding hydrogens is 494 g/mol. The molecule has 0 aromatic heterocycles. The summed E-state index contributed by atoms with van der Waals surface area (Å²) in [5.74, 6) is 5.71. The average Bonchev–Trinajstić information content (AvgIpc) is 3.50. The van der Waals surface area contributed by atoms with Crippen molar-refractivity contribution in [2.75, 3.05) is 6.61 Å². The molecule has 1 saturated heterocycles. The third-order valence-corrected chi connectivity index (χ3v) is 13.4. The number of cyclic esters (lactones) is 1. The van der Waals surface area contributed by atoms with Crippen molar-refractivity contribution in [1.82, 2.24) is 4.90 Å². The lowest BCUT2D eigenvalue weighted by Crippen LogP contribution is -2.55. The van der Waals surface area contributed by atoms with Gasteiger partial charge in [0.2, 0.25) is 5.91 Å². The maximum atomic E-state index is 13.4. The minimum absolute atomic E-state index is 0.0481. The van der Waals surface area contributed by atoms with Crippen LogP contribution in [0.25, 0.3) is 0 Å². The molecule has 5 fully saturated rings. The fourth-order valence-electron chi connectivity index (χ4n) is 11.5. The first-order chi connectivity index (χ1) is 19.3. The van der Waals surface area contributed by atoms with Crippen molar-refractivity contribution in [1.29, 1.82) is 0 Å². The van der Waals surface area contributed by atoms with Crippen LogP contribution in [0.15, 0.2) is 30.3 Å². The van der Waals surface area contributed by atoms with Gasteiger partial charge in [0.25, 0.3) is 0 Å². The summed E-state index contributed by atoms with van der Waals surface area (Å²) in [6, 6.07) is 9.94. The molecule has 1 aromatic rings. The minimum Gasteiger partial charge on any atom is -0.447 e. The van der Waals surface area contributed by atoms with Gasteiger partial charge in [-0.15, -0.1) is 0 Å². The molecule has 220 valence electrons. The second-order valence-corrected chi connectivity index (χ2v) is 15.1. The first-order valence-corrected chi connectivity index (χ1v) is 16.8. The Kier molecular flexibility index (Phi) is 7.85. The normalized spacial score (nSPS) is 41.5. The van der Waals surface area contributed by atoms with Crippen molar-refractivity contribution in [2.45, 2.75) is 117 Å². The van der Waals surface area contributed by atoms with E-state index >= 15 is 0 Å². The maximum Gasteiger partial charge on any atom is 0.416 e. The molecule has 4 nitrogen and oxygen atoms in total. The molecular formula is C36H53NO3. The number of amides is 2. The number of carbonyl (C=O) groups excluding carboxylic acids is 2. The van der Waals surface area contributed by atoms with Gasteiger partial charge in [0, 0.05) is 6.42 Å². The minimum atomic E-state index is -0.456. The Hall–Kier alpha value is -1.84. The van der Waals surface area contributed by atoms with Gasteiger partial charge in [-0.25, -0.2) is 9.69 Å². The molecule has 4 saturated carbocycles. The number of hydrogen-bond donors (Lipinski definition) is 0. The first-order valence-electron chi connectivity index (χ1n) is 16.8. The number of benzene rings is 1. The molecule has 0 bridgehead atoms. The van der Waals surface area contributed by atoms with Crippen LogP contribution in [0.3, 0.4) is 0 Å². The number of hydrogen-bond acceptors (Lipinski definition) is 3. The summed E-state index contributed by atoms with van der Waals surface area (Å²) in [4.78, 5) is 27.4. The van der Waals surface area contributed by atoms with Crippen LogP contribution in [0, 0.1) is 52.3 Å². The Morgan fingerprint density at radius 1 is 1.00 bits per heavy atom. The zero-order valence-electron chi connectivity index (χ0n) is 25.6. The average molecular weight is 548 g/mol. The van der Waals surface area contributed by atoms with Crippen LogP contribution in [-0.4, -0.2) is 29.5 Å². The number of ether oxygens (including phenoxy) is 1. The molecule has 0 spiro atoms. The molecule has 1 heterocycles. The Morgan fingerprint density at radius 3 is 2.55 bits per heavy atom. The first kappa shape index (κ1) is 28.3. The van der Waals surface area contributed by atoms with Crippen molar-refractivity contribution in [3.05, 3.63) is 35.9 Å². The van der Waals surface area contributed by atoms with Gasteiger partial charge in [0.1, 0.15) is 6.61 Å². The molecule has 0 radical (unpaired) electrons. The molecule has 6 rings (SSSR count). The van der Waals surface area contributed by atoms with Crippen molar-refractivity contribution >= 4 is 12.0 Å². The van der Waals surface area contributed by atoms with Gasteiger partial charge in [-0.3, -0.25) is 4.79 Å². The van der Waals surface area contributed by atoms with E-state index in [9.17, 15) is 9.59 Å². The van der Waals surface area contributed by atoms with E-state index in [1.54, 1.807) is 0 Å². The van der Waals surface area contributed by atoms with Crippen molar-refractivity contribution in [3.8, 4) is 0 Å². The van der Waals surface area contributed by atoms with E-state index < -0.39 is 6.09 Å². The molecule has 1 aliphatic heterocycles. The highest BCUT2D eigenvalue weighted by molar-refractivity contribution is 5.93. The van der Waals surface area contributed by atoms with Gasteiger partial charge < -0.3 is 4.74 Å². The van der Waals surface area contributed by atoms with Crippen LogP contribution >= 0.6 is 0 Å². The van der Waals surface area contributed by atoms with Crippen LogP contribution in [-0.2, 0) is 16.0 Å². The van der Waals surface area contributed by atoms with Crippen LogP contribution in [0.1, 0.15) is 110 Å². The van der Waals surface area contributed by atoms with Crippen LogP contribution in [0.5, 0.6) is 0 Å². The summed E-state index contributed by atoms with van der Waals surface area (Å²) in [5.41, 5.74) is 2.11. The summed E-state index contributed by atoms with van der Waals surface area (Å²) in [6.07, 6.45) is 15.7. The van der Waals surface area contributed by atoms with Gasteiger partial charge in [0.15, 0.2) is 0 Å². The van der Waals surface area contributed by atoms with E-state index in [0.29, 0.717) is 42.1 Å². The largest absolute Gasteiger partial charge is 0.447 e. The summed E-state index contributed by atoms with van der Waals surface area (Å²) in [6.45, 7) is 10.5. The Morgan fingerprint density at radius 2 is 1.77 bits per heavy atom. The third-order valence-electron chi connectivity index (χ3n) is 13.4. The number of carbonyl (C=O) groups is 2. The van der Waals surface area contributed by atoms with E-state index in [4.69, 9.17) is 4.74 Å². The highest BCUT2D eigenvalue weighted by Crippen LogP contribution is 2.69. The Bertz CT molecular complexity index is 1070. The SMILES string of the molecule is CC[C@H]1CC2C3CCC([C@H](C)CCC(=O)N4C(=O)OCC4Cc4ccccc4)C3(C)CC[C@@H]2C2(C)CCCCC12. The molecule has 5 aliphatic rings. The molecule has 0 N–H and O–H groups in total. The topological polar surface area (TPSA) is 46.6 Å². The van der Waals surface area contributed by atoms with Crippen molar-refractivity contribution in [3.63, 3.8) is 0 Å². The monoisotopic (exact) mass is 547 g/mol. The number of imide groups is 1. The van der Waals surface area contributed by atoms with E-state index in [2.05, 4.69) is 39.8 Å². The Balaban J connectivity index is 1.11. The van der Waals surface area contributed by atoms with Gasteiger partial charge in [0.05, 0.1) is 6.04 Å². The second-order valence-electron chi connectivity index (χ2n) is 15.1. The van der Waals surface area contributed by atoms with Crippen molar-refractivity contribution < 1.29 is 14.3 Å². The van der Waals surface area contributed by atoms with Gasteiger partial charge in [-0.05, 0) is 116 Å². The maximum absolute atomic E-state index is 13.4. The van der Waals surface area contributed by atoms with Gasteiger partial charge in [-0.2, -0.15) is 0 Å². The van der Waals surface area contributed by atoms with E-state index in [-0.39, 0.29) is 11.9 Å². The lowest BCUT2D eigenvalue weighted by Gasteiger charge is -2.63. The second kappa shape index (κ2) is 11.1. The van der Waals surface area contributed by atoms with E-state index in [0.717, 1.165) is 41.6 Å². The fourth-order valence-corrected chi connectivity index (χ4v) is 11.5. The van der Waals surface area contributed by atoms with Gasteiger partial charge in [-0.1, -0.05) is 77.3 Å². The summed E-state index contributed by atoms with van der Waals surface area (Å²) < 4.78 is 5.34. The molecule has 4 aliphatic carbocycles. The van der Waals surface area contributed by atoms with Crippen LogP contribution < -0.4 is 0 Å². The van der Waals surface area contributed by atoms with Gasteiger partial charge >= 0.3 is 6.09 Å². The fraction of sp³-hybridized carbons (Fsp3) is 0.778. The molecule has 7 unspecified atom stereocenters. The standard InChI is InChI=1S/C36H53NO3/c1-5-26-22-28-31-16-15-29(36(31,4)20-18-32(28)35(3)19-10-9-13-30(26)35)24(2)14-17-33(38)37-27(23-40-34(37)39)21-25-11-7-6-8-12-25/h6-8,11-12,24,26-32H,5,9-10,13-23H2,1-4H3/t24-,26+,27?,28?,29?,30?,31?,32+,35?,36?/m1/s1. The summed E-state index contributed by atoms with van der Waals surface area (Å²) >= 11 is 0. The number of nitrogens with zero attached hydrogens (tertiary/aromatic N) is 1. The molecule has 1 aromatic carbocycles. The summed E-state index contributed by atoms with van der Waals surface area (Å²) in [7, 11) is 0. The van der Waals surface area contributed by atoms with Crippen molar-refractivity contribution in [2.24, 2.45) is 52.3 Å². The Labute approximate surface area is 243 Å². The highest BCUT2D eigenvalue weighted by Gasteiger charge is 2.61. The molecule has 40 heavy (non-hydrogen) atoms. The molecule has 4 heteroatoms. The van der Waals surface area contributed by atoms with Crippen LogP contribution in [0.4, 0.5) is 4.79 Å². The number of fused-ring (bicyclic) bond motifs is 5. The number of rotatable bonds is 7. The summed E-state index contributed by atoms with van der Waals surface area (Å²) in [5, 5.41) is 0. The molecule has 2 amide bonds. The zero-order chi connectivity index (χ0) is 28.1. The van der Waals surface area contributed by atoms with E-state index in [1.165, 1.54) is 69.1 Å².